The number of aromatic nitrogens is 2. The highest BCUT2D eigenvalue weighted by atomic mass is 16.6. The van der Waals surface area contributed by atoms with Crippen LogP contribution < -0.4 is 19.9 Å². The molecule has 12 nitrogen and oxygen atoms in total. The molecule has 0 saturated heterocycles. The van der Waals surface area contributed by atoms with Crippen molar-refractivity contribution >= 4 is 17.3 Å². The van der Waals surface area contributed by atoms with Crippen LogP contribution in [0.15, 0.2) is 47.5 Å². The molecule has 0 fully saturated rings. The Balaban J connectivity index is 1.70. The summed E-state index contributed by atoms with van der Waals surface area (Å²) in [5.41, 5.74) is 6.29. The molecule has 1 aromatic heterocycles. The van der Waals surface area contributed by atoms with Crippen LogP contribution in [0, 0.1) is 21.4 Å². The lowest BCUT2D eigenvalue weighted by Gasteiger charge is -2.14. The van der Waals surface area contributed by atoms with E-state index in [0.717, 1.165) is 17.9 Å². The third-order valence-electron chi connectivity index (χ3n) is 4.90. The van der Waals surface area contributed by atoms with Gasteiger partial charge in [0.05, 0.1) is 30.2 Å². The van der Waals surface area contributed by atoms with Crippen molar-refractivity contribution in [3.63, 3.8) is 0 Å². The molecular weight excluding hydrogens is 442 g/mol. The van der Waals surface area contributed by atoms with Crippen LogP contribution in [0.1, 0.15) is 11.1 Å². The first kappa shape index (κ1) is 22.3. The van der Waals surface area contributed by atoms with E-state index < -0.39 is 22.3 Å². The van der Waals surface area contributed by atoms with Gasteiger partial charge >= 0.3 is 17.6 Å². The van der Waals surface area contributed by atoms with Crippen molar-refractivity contribution in [1.29, 1.82) is 5.26 Å². The molecule has 0 atom stereocenters. The van der Waals surface area contributed by atoms with Gasteiger partial charge in [0.2, 0.25) is 5.82 Å². The molecule has 34 heavy (non-hydrogen) atoms. The van der Waals surface area contributed by atoms with Crippen molar-refractivity contribution in [2.45, 2.75) is 0 Å². The number of methoxy groups -OCH3 is 1. The fourth-order valence-electron chi connectivity index (χ4n) is 3.30. The molecule has 0 spiro atoms. The number of nitriles is 1. The summed E-state index contributed by atoms with van der Waals surface area (Å²) in [6.07, 6.45) is 0. The number of hydrogen-bond acceptors (Lipinski definition) is 11. The van der Waals surface area contributed by atoms with E-state index in [9.17, 15) is 15.4 Å². The molecule has 2 aromatic carbocycles. The number of rotatable bonds is 7. The maximum atomic E-state index is 11.6. The minimum Gasteiger partial charge on any atom is -0.493 e. The van der Waals surface area contributed by atoms with Crippen LogP contribution in [0.3, 0.4) is 0 Å². The van der Waals surface area contributed by atoms with Gasteiger partial charge in [0, 0.05) is 25.2 Å². The topological polar surface area (TPSA) is 162 Å². The third-order valence-corrected chi connectivity index (χ3v) is 4.90. The number of ether oxygens (including phenoxy) is 3. The van der Waals surface area contributed by atoms with Crippen molar-refractivity contribution in [2.24, 2.45) is 4.99 Å². The summed E-state index contributed by atoms with van der Waals surface area (Å²) in [6.45, 7) is 1.52. The van der Waals surface area contributed by atoms with E-state index in [1.807, 2.05) is 24.1 Å². The first-order valence-electron chi connectivity index (χ1n) is 10.0. The summed E-state index contributed by atoms with van der Waals surface area (Å²) in [7, 11) is 3.34. The van der Waals surface area contributed by atoms with E-state index in [1.54, 1.807) is 18.2 Å². The fraction of sp³-hybridized carbons (Fsp3) is 0.182. The van der Waals surface area contributed by atoms with Crippen molar-refractivity contribution in [3.05, 3.63) is 63.7 Å². The Morgan fingerprint density at radius 2 is 2.00 bits per heavy atom. The van der Waals surface area contributed by atoms with Gasteiger partial charge < -0.3 is 24.8 Å². The van der Waals surface area contributed by atoms with Crippen LogP contribution in [0.5, 0.6) is 29.1 Å². The first-order chi connectivity index (χ1) is 16.4. The number of anilines is 1. The molecule has 0 bridgehead atoms. The summed E-state index contributed by atoms with van der Waals surface area (Å²) in [5.74, 6) is 0.570. The van der Waals surface area contributed by atoms with E-state index in [2.05, 4.69) is 15.0 Å². The zero-order valence-corrected chi connectivity index (χ0v) is 18.3. The summed E-state index contributed by atoms with van der Waals surface area (Å²) < 4.78 is 16.6. The van der Waals surface area contributed by atoms with Gasteiger partial charge in [-0.25, -0.2) is 0 Å². The summed E-state index contributed by atoms with van der Waals surface area (Å²) >= 11 is 0. The van der Waals surface area contributed by atoms with Crippen molar-refractivity contribution in [2.75, 3.05) is 33.0 Å². The van der Waals surface area contributed by atoms with Crippen LogP contribution in [0.4, 0.5) is 11.5 Å². The highest BCUT2D eigenvalue weighted by Gasteiger charge is 2.27. The van der Waals surface area contributed by atoms with Gasteiger partial charge in [-0.3, -0.25) is 15.1 Å². The smallest absolute Gasteiger partial charge is 0.373 e. The Hall–Kier alpha value is -4.92. The molecule has 1 aliphatic rings. The first-order valence-corrected chi connectivity index (χ1v) is 10.0. The lowest BCUT2D eigenvalue weighted by Crippen LogP contribution is -2.23. The number of amidine groups is 1. The molecule has 172 valence electrons. The second-order valence-electron chi connectivity index (χ2n) is 7.14. The molecule has 3 aromatic rings. The monoisotopic (exact) mass is 461 g/mol. The van der Waals surface area contributed by atoms with Crippen molar-refractivity contribution in [1.82, 2.24) is 14.9 Å². The molecule has 0 saturated carbocycles. The maximum absolute atomic E-state index is 11.6. The molecule has 1 aliphatic heterocycles. The standard InChI is InChI=1S/C22H19N7O5/c1-28-9-8-25-20(28)14-4-3-5-15(11-14)33-22-26-19(24)18(29(30)31)21(27-22)34-17-10-13(12-23)6-7-16(17)32-2/h3-7,10-11H,8-9H2,1-2H3,(H2,24,26,27). The average molecular weight is 461 g/mol. The van der Waals surface area contributed by atoms with Gasteiger partial charge in [0.15, 0.2) is 11.5 Å². The Labute approximate surface area is 194 Å². The van der Waals surface area contributed by atoms with Crippen LogP contribution >= 0.6 is 0 Å². The van der Waals surface area contributed by atoms with E-state index in [4.69, 9.17) is 19.9 Å². The van der Waals surface area contributed by atoms with E-state index in [-0.39, 0.29) is 23.1 Å². The number of hydrogen-bond donors (Lipinski definition) is 1. The van der Waals surface area contributed by atoms with Crippen LogP contribution in [-0.2, 0) is 0 Å². The van der Waals surface area contributed by atoms with E-state index in [1.165, 1.54) is 25.3 Å². The second-order valence-corrected chi connectivity index (χ2v) is 7.14. The number of nitrogens with zero attached hydrogens (tertiary/aromatic N) is 6. The van der Waals surface area contributed by atoms with Crippen LogP contribution in [0.2, 0.25) is 0 Å². The van der Waals surface area contributed by atoms with Gasteiger partial charge in [-0.1, -0.05) is 12.1 Å². The van der Waals surface area contributed by atoms with Crippen molar-refractivity contribution in [3.8, 4) is 35.2 Å². The van der Waals surface area contributed by atoms with Gasteiger partial charge in [0.25, 0.3) is 0 Å². The Bertz CT molecular complexity index is 1340. The molecular formula is C22H19N7O5. The lowest BCUT2D eigenvalue weighted by atomic mass is 10.2. The number of likely N-dealkylation sites (N-methyl/N-ethyl adjacent to an activating group) is 1. The Morgan fingerprint density at radius 3 is 2.68 bits per heavy atom. The number of aliphatic imine (C=N–C) groups is 1. The largest absolute Gasteiger partial charge is 0.493 e. The molecule has 0 radical (unpaired) electrons. The van der Waals surface area contributed by atoms with Crippen LogP contribution in [0.25, 0.3) is 0 Å². The second kappa shape index (κ2) is 9.29. The van der Waals surface area contributed by atoms with E-state index in [0.29, 0.717) is 12.3 Å². The fourth-order valence-corrected chi connectivity index (χ4v) is 3.30. The number of nitrogen functional groups attached to an aromatic ring is 1. The maximum Gasteiger partial charge on any atom is 0.373 e. The summed E-state index contributed by atoms with van der Waals surface area (Å²) in [4.78, 5) is 25.3. The summed E-state index contributed by atoms with van der Waals surface area (Å²) in [5, 5.41) is 20.8. The van der Waals surface area contributed by atoms with Crippen LogP contribution in [-0.4, -0.2) is 52.9 Å². The predicted octanol–water partition coefficient (Wildman–Crippen LogP) is 3.12. The molecule has 12 heteroatoms. The zero-order valence-electron chi connectivity index (χ0n) is 18.3. The van der Waals surface area contributed by atoms with Gasteiger partial charge in [-0.15, -0.1) is 0 Å². The van der Waals surface area contributed by atoms with E-state index >= 15 is 0 Å². The number of nitro groups is 1. The van der Waals surface area contributed by atoms with Gasteiger partial charge in [-0.05, 0) is 24.3 Å². The minimum absolute atomic E-state index is 0.0398. The predicted molar refractivity (Wildman–Crippen MR) is 121 cm³/mol. The minimum atomic E-state index is -0.760. The quantitative estimate of drug-likeness (QED) is 0.408. The third kappa shape index (κ3) is 4.49. The molecule has 2 heterocycles. The molecule has 2 N–H and O–H groups in total. The number of nitrogens with two attached hydrogens (primary N) is 1. The molecule has 0 unspecified atom stereocenters. The average Bonchev–Trinajstić information content (AvgIpc) is 3.24. The Morgan fingerprint density at radius 1 is 1.18 bits per heavy atom. The highest BCUT2D eigenvalue weighted by molar-refractivity contribution is 5.99. The molecule has 0 aliphatic carbocycles. The normalized spacial score (nSPS) is 12.6. The Kier molecular flexibility index (Phi) is 6.09. The molecule has 0 amide bonds. The SMILES string of the molecule is COc1ccc(C#N)cc1Oc1nc(Oc2cccc(C3=NCCN3C)c2)nc(N)c1[N+](=O)[O-]. The lowest BCUT2D eigenvalue weighted by molar-refractivity contribution is -0.385. The summed E-state index contributed by atoms with van der Waals surface area (Å²) in [6, 6.07) is 13.2. The van der Waals surface area contributed by atoms with Gasteiger partial charge in [-0.2, -0.15) is 15.2 Å². The zero-order chi connectivity index (χ0) is 24.2. The van der Waals surface area contributed by atoms with Gasteiger partial charge in [0.1, 0.15) is 11.6 Å². The highest BCUT2D eigenvalue weighted by Crippen LogP contribution is 2.39. The molecule has 4 rings (SSSR count). The number of benzene rings is 2. The van der Waals surface area contributed by atoms with Crippen molar-refractivity contribution < 1.29 is 19.1 Å².